The molecule has 1 aliphatic carbocycles. The molecule has 1 aliphatic heterocycles. The molecule has 4 heteroatoms. The number of piperidine rings is 1. The van der Waals surface area contributed by atoms with Gasteiger partial charge < -0.3 is 5.73 Å². The highest BCUT2D eigenvalue weighted by Crippen LogP contribution is 2.40. The smallest absolute Gasteiger partial charge is 0.236 e. The van der Waals surface area contributed by atoms with E-state index in [1.807, 2.05) is 19.1 Å². The van der Waals surface area contributed by atoms with Gasteiger partial charge in [0.2, 0.25) is 11.8 Å². The Bertz CT molecular complexity index is 647. The van der Waals surface area contributed by atoms with E-state index in [9.17, 15) is 9.59 Å². The number of fused-ring (bicyclic) bond motifs is 2. The van der Waals surface area contributed by atoms with E-state index < -0.39 is 0 Å². The molecule has 0 radical (unpaired) electrons. The minimum absolute atomic E-state index is 0.0183. The van der Waals surface area contributed by atoms with Crippen LogP contribution in [0.15, 0.2) is 18.2 Å². The van der Waals surface area contributed by atoms with Gasteiger partial charge in [-0.05, 0) is 49.9 Å². The Labute approximate surface area is 124 Å². The average Bonchev–Trinajstić information content (AvgIpc) is 2.92. The summed E-state index contributed by atoms with van der Waals surface area (Å²) in [6.45, 7) is 2.24. The van der Waals surface area contributed by atoms with Gasteiger partial charge in [-0.2, -0.15) is 0 Å². The Hall–Kier alpha value is -2.12. The average molecular weight is 282 g/mol. The first kappa shape index (κ1) is 13.8. The quantitative estimate of drug-likeness (QED) is 0.628. The second kappa shape index (κ2) is 5.34. The summed E-state index contributed by atoms with van der Waals surface area (Å²) in [7, 11) is 0. The molecule has 2 aliphatic rings. The van der Waals surface area contributed by atoms with Crippen LogP contribution in [0.5, 0.6) is 0 Å². The predicted molar refractivity (Wildman–Crippen MR) is 80.4 cm³/mol. The van der Waals surface area contributed by atoms with Crippen molar-refractivity contribution in [3.8, 4) is 11.8 Å². The van der Waals surface area contributed by atoms with Crippen molar-refractivity contribution < 1.29 is 9.59 Å². The standard InChI is InChI=1S/C17H18N2O2/c1-11-9-15(7-6-12(11)3-2-8-18)19-16(20)13-4-5-14(10-13)17(19)21/h6-7,9,13-14H,4-5,8,10,18H2,1H3. The molecular formula is C17H18N2O2. The molecule has 2 N–H and O–H groups in total. The van der Waals surface area contributed by atoms with Gasteiger partial charge in [-0.1, -0.05) is 11.8 Å². The summed E-state index contributed by atoms with van der Waals surface area (Å²) in [4.78, 5) is 26.2. The number of rotatable bonds is 1. The predicted octanol–water partition coefficient (Wildman–Crippen LogP) is 1.59. The lowest BCUT2D eigenvalue weighted by Crippen LogP contribution is -2.46. The zero-order valence-electron chi connectivity index (χ0n) is 12.1. The maximum Gasteiger partial charge on any atom is 0.236 e. The van der Waals surface area contributed by atoms with E-state index in [2.05, 4.69) is 11.8 Å². The first-order valence-electron chi connectivity index (χ1n) is 7.29. The normalized spacial score (nSPS) is 24.0. The molecule has 2 bridgehead atoms. The number of imide groups is 1. The molecule has 0 aromatic heterocycles. The number of anilines is 1. The van der Waals surface area contributed by atoms with Gasteiger partial charge in [-0.3, -0.25) is 14.5 Å². The van der Waals surface area contributed by atoms with Crippen molar-refractivity contribution in [2.75, 3.05) is 11.4 Å². The summed E-state index contributed by atoms with van der Waals surface area (Å²) in [6, 6.07) is 5.51. The monoisotopic (exact) mass is 282 g/mol. The number of carbonyl (C=O) groups is 2. The molecule has 1 heterocycles. The summed E-state index contributed by atoms with van der Waals surface area (Å²) in [6.07, 6.45) is 2.41. The van der Waals surface area contributed by atoms with Gasteiger partial charge >= 0.3 is 0 Å². The fourth-order valence-corrected chi connectivity index (χ4v) is 3.23. The molecule has 2 amide bonds. The lowest BCUT2D eigenvalue weighted by molar-refractivity contribution is -0.132. The second-order valence-corrected chi connectivity index (χ2v) is 5.72. The highest BCUT2D eigenvalue weighted by molar-refractivity contribution is 6.18. The van der Waals surface area contributed by atoms with Crippen LogP contribution in [-0.2, 0) is 9.59 Å². The van der Waals surface area contributed by atoms with Crippen LogP contribution < -0.4 is 10.6 Å². The van der Waals surface area contributed by atoms with Gasteiger partial charge in [0.05, 0.1) is 12.2 Å². The number of nitrogens with zero attached hydrogens (tertiary/aromatic N) is 1. The van der Waals surface area contributed by atoms with Crippen molar-refractivity contribution in [1.29, 1.82) is 0 Å². The fraction of sp³-hybridized carbons (Fsp3) is 0.412. The van der Waals surface area contributed by atoms with Crippen molar-refractivity contribution in [3.05, 3.63) is 29.3 Å². The fourth-order valence-electron chi connectivity index (χ4n) is 3.23. The summed E-state index contributed by atoms with van der Waals surface area (Å²) in [5.41, 5.74) is 7.87. The van der Waals surface area contributed by atoms with Crippen LogP contribution in [0, 0.1) is 30.6 Å². The Morgan fingerprint density at radius 2 is 1.90 bits per heavy atom. The number of hydrogen-bond acceptors (Lipinski definition) is 3. The van der Waals surface area contributed by atoms with Gasteiger partial charge in [-0.25, -0.2) is 0 Å². The Morgan fingerprint density at radius 1 is 1.24 bits per heavy atom. The number of amides is 2. The van der Waals surface area contributed by atoms with E-state index in [1.54, 1.807) is 6.07 Å². The highest BCUT2D eigenvalue weighted by atomic mass is 16.2. The molecule has 1 aromatic carbocycles. The van der Waals surface area contributed by atoms with E-state index in [0.29, 0.717) is 12.2 Å². The largest absolute Gasteiger partial charge is 0.320 e. The lowest BCUT2D eigenvalue weighted by Gasteiger charge is -2.30. The van der Waals surface area contributed by atoms with Gasteiger partial charge in [0.25, 0.3) is 0 Å². The molecule has 21 heavy (non-hydrogen) atoms. The lowest BCUT2D eigenvalue weighted by atomic mass is 9.96. The van der Waals surface area contributed by atoms with Crippen LogP contribution in [0.3, 0.4) is 0 Å². The number of carbonyl (C=O) groups excluding carboxylic acids is 2. The zero-order chi connectivity index (χ0) is 15.0. The molecule has 2 atom stereocenters. The van der Waals surface area contributed by atoms with E-state index in [-0.39, 0.29) is 23.7 Å². The minimum atomic E-state index is -0.0473. The van der Waals surface area contributed by atoms with Crippen LogP contribution in [0.1, 0.15) is 30.4 Å². The van der Waals surface area contributed by atoms with Crippen LogP contribution in [0.4, 0.5) is 5.69 Å². The van der Waals surface area contributed by atoms with Crippen molar-refractivity contribution in [2.45, 2.75) is 26.2 Å². The molecule has 3 rings (SSSR count). The molecule has 1 saturated heterocycles. The Kier molecular flexibility index (Phi) is 3.52. The minimum Gasteiger partial charge on any atom is -0.320 e. The van der Waals surface area contributed by atoms with Crippen LogP contribution >= 0.6 is 0 Å². The maximum atomic E-state index is 12.4. The van der Waals surface area contributed by atoms with Crippen molar-refractivity contribution in [3.63, 3.8) is 0 Å². The molecule has 1 aromatic rings. The molecule has 108 valence electrons. The van der Waals surface area contributed by atoms with E-state index in [0.717, 1.165) is 30.4 Å². The first-order chi connectivity index (χ1) is 10.1. The highest BCUT2D eigenvalue weighted by Gasteiger charge is 2.45. The summed E-state index contributed by atoms with van der Waals surface area (Å²) in [5.74, 6) is 5.75. The third-order valence-electron chi connectivity index (χ3n) is 4.37. The maximum absolute atomic E-state index is 12.4. The molecular weight excluding hydrogens is 264 g/mol. The third-order valence-corrected chi connectivity index (χ3v) is 4.37. The summed E-state index contributed by atoms with van der Waals surface area (Å²) >= 11 is 0. The zero-order valence-corrected chi connectivity index (χ0v) is 12.1. The summed E-state index contributed by atoms with van der Waals surface area (Å²) in [5, 5.41) is 0. The number of hydrogen-bond donors (Lipinski definition) is 1. The van der Waals surface area contributed by atoms with Gasteiger partial charge in [0.15, 0.2) is 0 Å². The second-order valence-electron chi connectivity index (χ2n) is 5.72. The number of nitrogens with two attached hydrogens (primary N) is 1. The van der Waals surface area contributed by atoms with Crippen molar-refractivity contribution in [1.82, 2.24) is 0 Å². The van der Waals surface area contributed by atoms with Gasteiger partial charge in [0.1, 0.15) is 0 Å². The third kappa shape index (κ3) is 2.34. The van der Waals surface area contributed by atoms with Crippen LogP contribution in [-0.4, -0.2) is 18.4 Å². The Morgan fingerprint density at radius 3 is 2.48 bits per heavy atom. The van der Waals surface area contributed by atoms with Crippen molar-refractivity contribution in [2.24, 2.45) is 17.6 Å². The van der Waals surface area contributed by atoms with Gasteiger partial charge in [-0.15, -0.1) is 0 Å². The molecule has 2 fully saturated rings. The first-order valence-corrected chi connectivity index (χ1v) is 7.29. The number of aryl methyl sites for hydroxylation is 1. The topological polar surface area (TPSA) is 63.4 Å². The van der Waals surface area contributed by atoms with Crippen LogP contribution in [0.2, 0.25) is 0 Å². The SMILES string of the molecule is Cc1cc(N2C(=O)C3CCC(C3)C2=O)ccc1C#CCN. The van der Waals surface area contributed by atoms with Crippen molar-refractivity contribution >= 4 is 17.5 Å². The van der Waals surface area contributed by atoms with E-state index >= 15 is 0 Å². The molecule has 1 saturated carbocycles. The van der Waals surface area contributed by atoms with Gasteiger partial charge in [0, 0.05) is 17.4 Å². The van der Waals surface area contributed by atoms with E-state index in [1.165, 1.54) is 4.90 Å². The molecule has 0 spiro atoms. The number of benzene rings is 1. The molecule has 2 unspecified atom stereocenters. The summed E-state index contributed by atoms with van der Waals surface area (Å²) < 4.78 is 0. The van der Waals surface area contributed by atoms with Crippen LogP contribution in [0.25, 0.3) is 0 Å². The molecule has 4 nitrogen and oxygen atoms in total. The Balaban J connectivity index is 1.95. The van der Waals surface area contributed by atoms with E-state index in [4.69, 9.17) is 5.73 Å².